The number of nitrogens with two attached hydrogens (primary N) is 1. The molecule has 1 aliphatic heterocycles. The molecule has 1 aliphatic rings. The molecule has 2 atom stereocenters. The van der Waals surface area contributed by atoms with Gasteiger partial charge in [-0.2, -0.15) is 5.26 Å². The van der Waals surface area contributed by atoms with E-state index < -0.39 is 11.5 Å². The minimum Gasteiger partial charge on any atom is -0.339 e. The molecular weight excluding hydrogens is 396 g/mol. The molecule has 0 aromatic heterocycles. The van der Waals surface area contributed by atoms with Crippen LogP contribution < -0.4 is 5.73 Å². The van der Waals surface area contributed by atoms with Crippen LogP contribution in [0.1, 0.15) is 37.8 Å². The Morgan fingerprint density at radius 1 is 1.03 bits per heavy atom. The van der Waals surface area contributed by atoms with E-state index in [9.17, 15) is 10.1 Å². The molecule has 2 aromatic rings. The monoisotopic (exact) mass is 432 g/mol. The summed E-state index contributed by atoms with van der Waals surface area (Å²) >= 11 is 0. The molecule has 0 radical (unpaired) electrons. The lowest BCUT2D eigenvalue weighted by molar-refractivity contribution is -0.134. The lowest BCUT2D eigenvalue weighted by atomic mass is 9.70. The highest BCUT2D eigenvalue weighted by Crippen LogP contribution is 2.36. The Labute approximate surface area is 192 Å². The number of carbonyl (C=O) groups excluding carboxylic acids is 1. The van der Waals surface area contributed by atoms with E-state index in [2.05, 4.69) is 36.9 Å². The molecule has 0 bridgehead atoms. The van der Waals surface area contributed by atoms with Crippen LogP contribution in [0.3, 0.4) is 0 Å². The molecule has 3 rings (SSSR count). The second-order valence-electron chi connectivity index (χ2n) is 9.17. The highest BCUT2D eigenvalue weighted by atomic mass is 16.2. The Balaban J connectivity index is 1.47. The molecule has 0 aliphatic carbocycles. The minimum atomic E-state index is -0.489. The first kappa shape index (κ1) is 24.0. The van der Waals surface area contributed by atoms with Crippen LogP contribution in [0.4, 0.5) is 0 Å². The molecule has 0 saturated carbocycles. The Morgan fingerprint density at radius 2 is 1.62 bits per heavy atom. The molecule has 2 aromatic carbocycles. The summed E-state index contributed by atoms with van der Waals surface area (Å²) in [6, 6.07) is 22.3. The molecule has 5 nitrogen and oxygen atoms in total. The summed E-state index contributed by atoms with van der Waals surface area (Å²) in [6.45, 7) is 8.37. The number of rotatable bonds is 9. The van der Waals surface area contributed by atoms with Gasteiger partial charge in [0.05, 0.1) is 17.5 Å². The van der Waals surface area contributed by atoms with Gasteiger partial charge in [0.2, 0.25) is 5.91 Å². The number of amides is 1. The van der Waals surface area contributed by atoms with Gasteiger partial charge in [0.25, 0.3) is 0 Å². The molecule has 170 valence electrons. The minimum absolute atomic E-state index is 0.0425. The van der Waals surface area contributed by atoms with E-state index in [0.29, 0.717) is 19.5 Å². The molecule has 0 spiro atoms. The van der Waals surface area contributed by atoms with Crippen molar-refractivity contribution >= 4 is 5.91 Å². The van der Waals surface area contributed by atoms with Crippen molar-refractivity contribution in [3.8, 4) is 6.07 Å². The zero-order valence-electron chi connectivity index (χ0n) is 19.4. The largest absolute Gasteiger partial charge is 0.339 e. The van der Waals surface area contributed by atoms with Crippen molar-refractivity contribution in [3.63, 3.8) is 0 Å². The molecule has 32 heavy (non-hydrogen) atoms. The molecule has 1 amide bonds. The Hall–Kier alpha value is -2.68. The third kappa shape index (κ3) is 5.76. The van der Waals surface area contributed by atoms with Crippen molar-refractivity contribution in [2.45, 2.75) is 44.6 Å². The van der Waals surface area contributed by atoms with Crippen molar-refractivity contribution in [2.75, 3.05) is 32.7 Å². The first-order valence-electron chi connectivity index (χ1n) is 11.7. The van der Waals surface area contributed by atoms with Gasteiger partial charge >= 0.3 is 0 Å². The third-order valence-electron chi connectivity index (χ3n) is 6.82. The van der Waals surface area contributed by atoms with Crippen molar-refractivity contribution in [1.82, 2.24) is 9.80 Å². The predicted octanol–water partition coefficient (Wildman–Crippen LogP) is 3.60. The molecule has 1 fully saturated rings. The van der Waals surface area contributed by atoms with E-state index in [-0.39, 0.29) is 11.8 Å². The Kier molecular flexibility index (Phi) is 8.44. The van der Waals surface area contributed by atoms with Crippen LogP contribution in [0, 0.1) is 17.2 Å². The van der Waals surface area contributed by atoms with E-state index in [1.807, 2.05) is 53.4 Å². The van der Waals surface area contributed by atoms with Crippen molar-refractivity contribution in [3.05, 3.63) is 71.8 Å². The Bertz CT molecular complexity index is 885. The third-order valence-corrected chi connectivity index (χ3v) is 6.82. The quantitative estimate of drug-likeness (QED) is 0.657. The normalized spacial score (nSPS) is 17.5. The van der Waals surface area contributed by atoms with Crippen molar-refractivity contribution in [2.24, 2.45) is 11.7 Å². The van der Waals surface area contributed by atoms with Gasteiger partial charge in [0, 0.05) is 26.2 Å². The molecule has 5 heteroatoms. The van der Waals surface area contributed by atoms with Gasteiger partial charge in [-0.25, -0.2) is 0 Å². The van der Waals surface area contributed by atoms with Crippen LogP contribution in [0.5, 0.6) is 0 Å². The lowest BCUT2D eigenvalue weighted by Crippen LogP contribution is -2.53. The van der Waals surface area contributed by atoms with Gasteiger partial charge in [-0.3, -0.25) is 9.69 Å². The van der Waals surface area contributed by atoms with E-state index >= 15 is 0 Å². The summed E-state index contributed by atoms with van der Waals surface area (Å²) in [6.07, 6.45) is 2.37. The van der Waals surface area contributed by atoms with Gasteiger partial charge in [0.1, 0.15) is 0 Å². The fraction of sp³-hybridized carbons (Fsp3) is 0.481. The predicted molar refractivity (Wildman–Crippen MR) is 129 cm³/mol. The van der Waals surface area contributed by atoms with Crippen LogP contribution in [-0.2, 0) is 16.6 Å². The van der Waals surface area contributed by atoms with Gasteiger partial charge in [-0.1, -0.05) is 74.5 Å². The smallest absolute Gasteiger partial charge is 0.239 e. The average molecular weight is 433 g/mol. The van der Waals surface area contributed by atoms with Crippen LogP contribution in [0.25, 0.3) is 0 Å². The van der Waals surface area contributed by atoms with Gasteiger partial charge in [-0.05, 0) is 42.9 Å². The van der Waals surface area contributed by atoms with Crippen LogP contribution in [-0.4, -0.2) is 54.5 Å². The number of carbonyl (C=O) groups is 1. The van der Waals surface area contributed by atoms with Crippen molar-refractivity contribution in [1.29, 1.82) is 5.26 Å². The Morgan fingerprint density at radius 3 is 2.19 bits per heavy atom. The number of benzene rings is 2. The highest BCUT2D eigenvalue weighted by Gasteiger charge is 2.35. The number of hydrogen-bond donors (Lipinski definition) is 1. The fourth-order valence-corrected chi connectivity index (χ4v) is 4.71. The summed E-state index contributed by atoms with van der Waals surface area (Å²) in [4.78, 5) is 17.1. The summed E-state index contributed by atoms with van der Waals surface area (Å²) in [5.41, 5.74) is 7.96. The molecule has 1 saturated heterocycles. The molecular formula is C27H36N4O. The highest BCUT2D eigenvalue weighted by molar-refractivity contribution is 5.82. The van der Waals surface area contributed by atoms with E-state index in [1.165, 1.54) is 0 Å². The number of nitriles is 1. The second kappa shape index (κ2) is 11.3. The first-order chi connectivity index (χ1) is 15.5. The molecule has 1 heterocycles. The molecule has 2 N–H and O–H groups in total. The van der Waals surface area contributed by atoms with E-state index in [4.69, 9.17) is 5.73 Å². The number of hydrogen-bond acceptors (Lipinski definition) is 4. The first-order valence-corrected chi connectivity index (χ1v) is 11.7. The summed E-state index contributed by atoms with van der Waals surface area (Å²) in [5.74, 6) is 0.288. The van der Waals surface area contributed by atoms with Crippen molar-refractivity contribution < 1.29 is 4.79 Å². The van der Waals surface area contributed by atoms with Gasteiger partial charge in [0.15, 0.2) is 0 Å². The SMILES string of the molecule is CC(C)C(C#N)(CCCN1CCN(C(=O)[C@@H](N)Cc2ccccc2)CC1)c1ccccc1. The summed E-state index contributed by atoms with van der Waals surface area (Å²) < 4.78 is 0. The second-order valence-corrected chi connectivity index (χ2v) is 9.17. The fourth-order valence-electron chi connectivity index (χ4n) is 4.71. The van der Waals surface area contributed by atoms with Gasteiger partial charge in [-0.15, -0.1) is 0 Å². The van der Waals surface area contributed by atoms with E-state index in [1.54, 1.807) is 0 Å². The van der Waals surface area contributed by atoms with Crippen LogP contribution in [0.2, 0.25) is 0 Å². The van der Waals surface area contributed by atoms with E-state index in [0.717, 1.165) is 43.6 Å². The zero-order chi connectivity index (χ0) is 23.0. The maximum absolute atomic E-state index is 12.8. The zero-order valence-corrected chi connectivity index (χ0v) is 19.4. The maximum Gasteiger partial charge on any atom is 0.239 e. The molecule has 1 unspecified atom stereocenters. The standard InChI is InChI=1S/C27H36N4O/c1-22(2)27(21-28,24-12-7-4-8-13-24)14-9-15-30-16-18-31(19-17-30)26(32)25(29)20-23-10-5-3-6-11-23/h3-8,10-13,22,25H,9,14-20,29H2,1-2H3/t25-,27?/m0/s1. The average Bonchev–Trinajstić information content (AvgIpc) is 2.83. The number of nitrogens with zero attached hydrogens (tertiary/aromatic N) is 3. The topological polar surface area (TPSA) is 73.4 Å². The number of piperazine rings is 1. The maximum atomic E-state index is 12.8. The van der Waals surface area contributed by atoms with Crippen LogP contribution >= 0.6 is 0 Å². The summed E-state index contributed by atoms with van der Waals surface area (Å²) in [7, 11) is 0. The van der Waals surface area contributed by atoms with Gasteiger partial charge < -0.3 is 10.6 Å². The van der Waals surface area contributed by atoms with Crippen LogP contribution in [0.15, 0.2) is 60.7 Å². The lowest BCUT2D eigenvalue weighted by Gasteiger charge is -2.37. The summed E-state index contributed by atoms with van der Waals surface area (Å²) in [5, 5.41) is 10.1.